The Balaban J connectivity index is 1.82. The second kappa shape index (κ2) is 4.82. The Kier molecular flexibility index (Phi) is 3.45. The van der Waals surface area contributed by atoms with E-state index in [9.17, 15) is 0 Å². The molecule has 0 unspecified atom stereocenters. The van der Waals surface area contributed by atoms with Gasteiger partial charge >= 0.3 is 0 Å². The van der Waals surface area contributed by atoms with Crippen molar-refractivity contribution < 1.29 is 9.47 Å². The lowest BCUT2D eigenvalue weighted by molar-refractivity contribution is -0.0214. The van der Waals surface area contributed by atoms with Gasteiger partial charge in [-0.15, -0.1) is 11.8 Å². The van der Waals surface area contributed by atoms with Gasteiger partial charge in [0.25, 0.3) is 0 Å². The summed E-state index contributed by atoms with van der Waals surface area (Å²) in [5.74, 6) is 0.878. The van der Waals surface area contributed by atoms with E-state index in [0.717, 1.165) is 19.0 Å². The van der Waals surface area contributed by atoms with Crippen LogP contribution in [0.1, 0.15) is 5.56 Å². The normalized spacial score (nSPS) is 17.5. The molecular weight excluding hydrogens is 196 g/mol. The highest BCUT2D eigenvalue weighted by Gasteiger charge is 2.15. The molecule has 1 fully saturated rings. The minimum absolute atomic E-state index is 0.0127. The third-order valence-corrected chi connectivity index (χ3v) is 3.14. The third kappa shape index (κ3) is 2.74. The Bertz CT molecular complexity index is 278. The SMILES string of the molecule is Cc1ccc(SCC2OCCO2)cc1. The van der Waals surface area contributed by atoms with Crippen molar-refractivity contribution in [2.45, 2.75) is 18.1 Å². The van der Waals surface area contributed by atoms with Crippen LogP contribution >= 0.6 is 11.8 Å². The summed E-state index contributed by atoms with van der Waals surface area (Å²) in [5.41, 5.74) is 1.29. The van der Waals surface area contributed by atoms with Crippen molar-refractivity contribution in [3.63, 3.8) is 0 Å². The van der Waals surface area contributed by atoms with E-state index >= 15 is 0 Å². The van der Waals surface area contributed by atoms with Crippen molar-refractivity contribution in [2.24, 2.45) is 0 Å². The summed E-state index contributed by atoms with van der Waals surface area (Å²) in [7, 11) is 0. The molecule has 0 spiro atoms. The summed E-state index contributed by atoms with van der Waals surface area (Å²) in [6.45, 7) is 3.57. The summed E-state index contributed by atoms with van der Waals surface area (Å²) in [6.07, 6.45) is -0.0127. The standard InChI is InChI=1S/C11H14O2S/c1-9-2-4-10(5-3-9)14-8-11-12-6-7-13-11/h2-5,11H,6-8H2,1H3. The fraction of sp³-hybridized carbons (Fsp3) is 0.455. The van der Waals surface area contributed by atoms with Gasteiger partial charge in [0.2, 0.25) is 0 Å². The first-order valence-corrected chi connectivity index (χ1v) is 5.76. The van der Waals surface area contributed by atoms with E-state index in [4.69, 9.17) is 9.47 Å². The molecule has 0 saturated carbocycles. The predicted octanol–water partition coefficient (Wildman–Crippen LogP) is 2.46. The quantitative estimate of drug-likeness (QED) is 0.714. The van der Waals surface area contributed by atoms with E-state index in [-0.39, 0.29) is 6.29 Å². The highest BCUT2D eigenvalue weighted by Crippen LogP contribution is 2.21. The van der Waals surface area contributed by atoms with Gasteiger partial charge in [0.05, 0.1) is 13.2 Å². The largest absolute Gasteiger partial charge is 0.349 e. The number of hydrogen-bond donors (Lipinski definition) is 0. The summed E-state index contributed by atoms with van der Waals surface area (Å²) in [5, 5.41) is 0. The summed E-state index contributed by atoms with van der Waals surface area (Å²) in [4.78, 5) is 1.27. The van der Waals surface area contributed by atoms with Crippen LogP contribution in [0.5, 0.6) is 0 Å². The van der Waals surface area contributed by atoms with Crippen LogP contribution in [0.3, 0.4) is 0 Å². The maximum atomic E-state index is 5.36. The number of thioether (sulfide) groups is 1. The molecule has 2 nitrogen and oxygen atoms in total. The zero-order valence-corrected chi connectivity index (χ0v) is 9.05. The molecule has 0 N–H and O–H groups in total. The topological polar surface area (TPSA) is 18.5 Å². The third-order valence-electron chi connectivity index (χ3n) is 2.10. The van der Waals surface area contributed by atoms with Gasteiger partial charge in [-0.2, -0.15) is 0 Å². The second-order valence-corrected chi connectivity index (χ2v) is 4.39. The van der Waals surface area contributed by atoms with Gasteiger partial charge in [0, 0.05) is 10.6 Å². The van der Waals surface area contributed by atoms with Crippen LogP contribution in [0.25, 0.3) is 0 Å². The van der Waals surface area contributed by atoms with Crippen LogP contribution in [0, 0.1) is 6.92 Å². The van der Waals surface area contributed by atoms with Crippen molar-refractivity contribution in [2.75, 3.05) is 19.0 Å². The van der Waals surface area contributed by atoms with Crippen LogP contribution in [-0.2, 0) is 9.47 Å². The molecule has 0 aromatic heterocycles. The number of aryl methyl sites for hydroxylation is 1. The van der Waals surface area contributed by atoms with Gasteiger partial charge in [0.15, 0.2) is 6.29 Å². The predicted molar refractivity (Wildman–Crippen MR) is 57.6 cm³/mol. The zero-order valence-electron chi connectivity index (χ0n) is 8.23. The highest BCUT2D eigenvalue weighted by atomic mass is 32.2. The van der Waals surface area contributed by atoms with Crippen LogP contribution in [0.4, 0.5) is 0 Å². The monoisotopic (exact) mass is 210 g/mol. The fourth-order valence-electron chi connectivity index (χ4n) is 1.30. The molecule has 1 heterocycles. The molecule has 2 rings (SSSR count). The van der Waals surface area contributed by atoms with Gasteiger partial charge in [-0.25, -0.2) is 0 Å². The molecular formula is C11H14O2S. The zero-order chi connectivity index (χ0) is 9.80. The lowest BCUT2D eigenvalue weighted by Gasteiger charge is -2.08. The van der Waals surface area contributed by atoms with Crippen LogP contribution in [0.2, 0.25) is 0 Å². The number of benzene rings is 1. The van der Waals surface area contributed by atoms with E-state index < -0.39 is 0 Å². The maximum Gasteiger partial charge on any atom is 0.167 e. The van der Waals surface area contributed by atoms with Crippen molar-refractivity contribution in [1.82, 2.24) is 0 Å². The Morgan fingerprint density at radius 1 is 1.21 bits per heavy atom. The number of hydrogen-bond acceptors (Lipinski definition) is 3. The summed E-state index contributed by atoms with van der Waals surface area (Å²) < 4.78 is 10.7. The van der Waals surface area contributed by atoms with Gasteiger partial charge in [-0.3, -0.25) is 0 Å². The van der Waals surface area contributed by atoms with Gasteiger partial charge in [-0.1, -0.05) is 17.7 Å². The molecule has 76 valence electrons. The first-order valence-electron chi connectivity index (χ1n) is 4.77. The van der Waals surface area contributed by atoms with Crippen molar-refractivity contribution >= 4 is 11.8 Å². The first kappa shape index (κ1) is 10.0. The fourth-order valence-corrected chi connectivity index (χ4v) is 2.15. The van der Waals surface area contributed by atoms with E-state index in [0.29, 0.717) is 0 Å². The number of ether oxygens (including phenoxy) is 2. The first-order chi connectivity index (χ1) is 6.84. The minimum Gasteiger partial charge on any atom is -0.349 e. The summed E-state index contributed by atoms with van der Waals surface area (Å²) in [6, 6.07) is 8.52. The maximum absolute atomic E-state index is 5.36. The molecule has 14 heavy (non-hydrogen) atoms. The molecule has 0 aliphatic carbocycles. The molecule has 1 aliphatic rings. The van der Waals surface area contributed by atoms with Crippen LogP contribution in [0.15, 0.2) is 29.2 Å². The molecule has 0 bridgehead atoms. The van der Waals surface area contributed by atoms with Gasteiger partial charge < -0.3 is 9.47 Å². The average Bonchev–Trinajstić information content (AvgIpc) is 2.70. The Hall–Kier alpha value is -0.510. The molecule has 1 aromatic rings. The Morgan fingerprint density at radius 2 is 1.86 bits per heavy atom. The van der Waals surface area contributed by atoms with Crippen LogP contribution < -0.4 is 0 Å². The molecule has 0 atom stereocenters. The lowest BCUT2D eigenvalue weighted by Crippen LogP contribution is -2.10. The molecule has 3 heteroatoms. The molecule has 1 aliphatic heterocycles. The van der Waals surface area contributed by atoms with E-state index in [2.05, 4.69) is 31.2 Å². The lowest BCUT2D eigenvalue weighted by atomic mass is 10.2. The van der Waals surface area contributed by atoms with Crippen molar-refractivity contribution in [3.8, 4) is 0 Å². The molecule has 0 amide bonds. The Morgan fingerprint density at radius 3 is 2.50 bits per heavy atom. The van der Waals surface area contributed by atoms with Gasteiger partial charge in [0.1, 0.15) is 0 Å². The van der Waals surface area contributed by atoms with E-state index in [1.807, 2.05) is 0 Å². The van der Waals surface area contributed by atoms with Crippen molar-refractivity contribution in [1.29, 1.82) is 0 Å². The Labute approximate surface area is 88.6 Å². The average molecular weight is 210 g/mol. The minimum atomic E-state index is -0.0127. The smallest absolute Gasteiger partial charge is 0.167 e. The molecule has 0 radical (unpaired) electrons. The number of rotatable bonds is 3. The van der Waals surface area contributed by atoms with E-state index in [1.165, 1.54) is 10.5 Å². The van der Waals surface area contributed by atoms with Crippen LogP contribution in [-0.4, -0.2) is 25.3 Å². The highest BCUT2D eigenvalue weighted by molar-refractivity contribution is 7.99. The molecule has 1 saturated heterocycles. The van der Waals surface area contributed by atoms with Gasteiger partial charge in [-0.05, 0) is 19.1 Å². The molecule has 1 aromatic carbocycles. The second-order valence-electron chi connectivity index (χ2n) is 3.30. The van der Waals surface area contributed by atoms with E-state index in [1.54, 1.807) is 11.8 Å². The summed E-state index contributed by atoms with van der Waals surface area (Å²) >= 11 is 1.78. The van der Waals surface area contributed by atoms with Crippen molar-refractivity contribution in [3.05, 3.63) is 29.8 Å².